The number of benzene rings is 1. The summed E-state index contributed by atoms with van der Waals surface area (Å²) in [7, 11) is 2.04. The van der Waals surface area contributed by atoms with Gasteiger partial charge in [-0.2, -0.15) is 0 Å². The van der Waals surface area contributed by atoms with E-state index in [4.69, 9.17) is 0 Å². The third kappa shape index (κ3) is 4.14. The summed E-state index contributed by atoms with van der Waals surface area (Å²) < 4.78 is 1.00. The van der Waals surface area contributed by atoms with Crippen molar-refractivity contribution in [1.82, 2.24) is 9.80 Å². The van der Waals surface area contributed by atoms with Crippen LogP contribution < -0.4 is 0 Å². The van der Waals surface area contributed by atoms with Crippen LogP contribution in [0.15, 0.2) is 28.7 Å². The Bertz CT molecular complexity index is 440. The molecule has 0 radical (unpaired) electrons. The van der Waals surface area contributed by atoms with E-state index in [1.165, 1.54) is 25.9 Å². The van der Waals surface area contributed by atoms with Gasteiger partial charge in [0.1, 0.15) is 0 Å². The van der Waals surface area contributed by atoms with Gasteiger partial charge in [0.15, 0.2) is 5.78 Å². The van der Waals surface area contributed by atoms with E-state index in [0.717, 1.165) is 23.1 Å². The zero-order valence-electron chi connectivity index (χ0n) is 12.3. The first-order valence-electron chi connectivity index (χ1n) is 7.30. The molecule has 1 saturated heterocycles. The fourth-order valence-corrected chi connectivity index (χ4v) is 2.82. The molecule has 2 rings (SSSR count). The maximum Gasteiger partial charge on any atom is 0.179 e. The van der Waals surface area contributed by atoms with E-state index >= 15 is 0 Å². The van der Waals surface area contributed by atoms with Crippen LogP contribution in [0.4, 0.5) is 0 Å². The lowest BCUT2D eigenvalue weighted by atomic mass is 10.0. The Morgan fingerprint density at radius 3 is 2.50 bits per heavy atom. The summed E-state index contributed by atoms with van der Waals surface area (Å²) in [6.07, 6.45) is 2.63. The molecular formula is C16H23BrN2O. The first-order chi connectivity index (χ1) is 9.58. The number of carbonyl (C=O) groups excluding carboxylic acids is 1. The van der Waals surface area contributed by atoms with E-state index in [-0.39, 0.29) is 11.8 Å². The molecule has 1 aliphatic heterocycles. The molecule has 1 heterocycles. The van der Waals surface area contributed by atoms with Crippen molar-refractivity contribution < 1.29 is 4.79 Å². The Morgan fingerprint density at radius 2 is 1.90 bits per heavy atom. The molecule has 0 bridgehead atoms. The fourth-order valence-electron chi connectivity index (χ4n) is 2.55. The van der Waals surface area contributed by atoms with E-state index in [0.29, 0.717) is 0 Å². The van der Waals surface area contributed by atoms with Crippen molar-refractivity contribution in [2.75, 3.05) is 33.2 Å². The molecule has 1 atom stereocenters. The standard InChI is InChI=1S/C16H23BrN2O/c1-13(16(20)14-5-7-15(17)8-6-14)18(2)11-12-19-9-3-4-10-19/h5-8,13H,3-4,9-12H2,1-2H3. The summed E-state index contributed by atoms with van der Waals surface area (Å²) >= 11 is 3.40. The lowest BCUT2D eigenvalue weighted by Gasteiger charge is -2.26. The molecule has 1 fully saturated rings. The van der Waals surface area contributed by atoms with Crippen LogP contribution in [0.25, 0.3) is 0 Å². The number of ketones is 1. The number of carbonyl (C=O) groups is 1. The van der Waals surface area contributed by atoms with Gasteiger partial charge in [0.05, 0.1) is 6.04 Å². The number of likely N-dealkylation sites (N-methyl/N-ethyl adjacent to an activating group) is 1. The first kappa shape index (κ1) is 15.7. The average molecular weight is 339 g/mol. The molecule has 4 heteroatoms. The van der Waals surface area contributed by atoms with Crippen LogP contribution in [0.2, 0.25) is 0 Å². The summed E-state index contributed by atoms with van der Waals surface area (Å²) in [4.78, 5) is 17.1. The highest BCUT2D eigenvalue weighted by atomic mass is 79.9. The van der Waals surface area contributed by atoms with Gasteiger partial charge in [-0.1, -0.05) is 28.1 Å². The van der Waals surface area contributed by atoms with Crippen molar-refractivity contribution in [1.29, 1.82) is 0 Å². The number of hydrogen-bond donors (Lipinski definition) is 0. The Kier molecular flexibility index (Phi) is 5.75. The predicted molar refractivity (Wildman–Crippen MR) is 86.2 cm³/mol. The summed E-state index contributed by atoms with van der Waals surface area (Å²) in [5, 5.41) is 0. The minimum atomic E-state index is -0.0706. The van der Waals surface area contributed by atoms with Crippen LogP contribution in [0, 0.1) is 0 Å². The van der Waals surface area contributed by atoms with E-state index in [1.807, 2.05) is 38.2 Å². The predicted octanol–water partition coefficient (Wildman–Crippen LogP) is 3.05. The van der Waals surface area contributed by atoms with Crippen molar-refractivity contribution in [3.8, 4) is 0 Å². The van der Waals surface area contributed by atoms with Gasteiger partial charge in [0.2, 0.25) is 0 Å². The third-order valence-electron chi connectivity index (χ3n) is 4.14. The summed E-state index contributed by atoms with van der Waals surface area (Å²) in [5.74, 6) is 0.196. The molecule has 1 aliphatic rings. The quantitative estimate of drug-likeness (QED) is 0.745. The highest BCUT2D eigenvalue weighted by molar-refractivity contribution is 9.10. The smallest absolute Gasteiger partial charge is 0.179 e. The summed E-state index contributed by atoms with van der Waals surface area (Å²) in [6.45, 7) is 6.43. The maximum absolute atomic E-state index is 12.4. The number of hydrogen-bond acceptors (Lipinski definition) is 3. The van der Waals surface area contributed by atoms with Gasteiger partial charge in [-0.3, -0.25) is 9.69 Å². The van der Waals surface area contributed by atoms with Crippen LogP contribution in [0.5, 0.6) is 0 Å². The van der Waals surface area contributed by atoms with Gasteiger partial charge in [-0.15, -0.1) is 0 Å². The normalized spacial score (nSPS) is 17.6. The molecule has 1 unspecified atom stereocenters. The molecule has 3 nitrogen and oxygen atoms in total. The van der Waals surface area contributed by atoms with Gasteiger partial charge < -0.3 is 4.90 Å². The van der Waals surface area contributed by atoms with Crippen LogP contribution in [0.3, 0.4) is 0 Å². The van der Waals surface area contributed by atoms with Crippen molar-refractivity contribution in [3.63, 3.8) is 0 Å². The monoisotopic (exact) mass is 338 g/mol. The molecule has 0 spiro atoms. The van der Waals surface area contributed by atoms with Gasteiger partial charge in [-0.25, -0.2) is 0 Å². The fraction of sp³-hybridized carbons (Fsp3) is 0.562. The lowest BCUT2D eigenvalue weighted by Crippen LogP contribution is -2.40. The summed E-state index contributed by atoms with van der Waals surface area (Å²) in [6, 6.07) is 7.54. The lowest BCUT2D eigenvalue weighted by molar-refractivity contribution is 0.0859. The maximum atomic E-state index is 12.4. The van der Waals surface area contributed by atoms with Crippen LogP contribution in [-0.2, 0) is 0 Å². The Labute approximate surface area is 130 Å². The van der Waals surface area contributed by atoms with E-state index in [2.05, 4.69) is 25.7 Å². The van der Waals surface area contributed by atoms with E-state index in [9.17, 15) is 4.79 Å². The van der Waals surface area contributed by atoms with Crippen LogP contribution in [0.1, 0.15) is 30.1 Å². The molecule has 0 aliphatic carbocycles. The van der Waals surface area contributed by atoms with Crippen LogP contribution >= 0.6 is 15.9 Å². The number of nitrogens with zero attached hydrogens (tertiary/aromatic N) is 2. The molecule has 0 saturated carbocycles. The second-order valence-electron chi connectivity index (χ2n) is 5.58. The topological polar surface area (TPSA) is 23.6 Å². The highest BCUT2D eigenvalue weighted by Gasteiger charge is 2.20. The molecule has 20 heavy (non-hydrogen) atoms. The summed E-state index contributed by atoms with van der Waals surface area (Å²) in [5.41, 5.74) is 0.786. The minimum Gasteiger partial charge on any atom is -0.302 e. The largest absolute Gasteiger partial charge is 0.302 e. The van der Waals surface area contributed by atoms with E-state index < -0.39 is 0 Å². The molecular weight excluding hydrogens is 316 g/mol. The Hall–Kier alpha value is -0.710. The minimum absolute atomic E-state index is 0.0706. The molecule has 1 aromatic rings. The number of halogens is 1. The second-order valence-corrected chi connectivity index (χ2v) is 6.49. The SMILES string of the molecule is CC(C(=O)c1ccc(Br)cc1)N(C)CCN1CCCC1. The number of Topliss-reactive ketones (excluding diaryl/α,β-unsaturated/α-hetero) is 1. The molecule has 110 valence electrons. The number of rotatable bonds is 6. The molecule has 0 N–H and O–H groups in total. The van der Waals surface area contributed by atoms with Crippen molar-refractivity contribution in [3.05, 3.63) is 34.3 Å². The average Bonchev–Trinajstić information content (AvgIpc) is 2.97. The molecule has 1 aromatic carbocycles. The van der Waals surface area contributed by atoms with Gasteiger partial charge in [-0.05, 0) is 52.0 Å². The highest BCUT2D eigenvalue weighted by Crippen LogP contribution is 2.14. The third-order valence-corrected chi connectivity index (χ3v) is 4.67. The van der Waals surface area contributed by atoms with Crippen molar-refractivity contribution >= 4 is 21.7 Å². The van der Waals surface area contributed by atoms with E-state index in [1.54, 1.807) is 0 Å². The molecule has 0 amide bonds. The zero-order chi connectivity index (χ0) is 14.5. The Morgan fingerprint density at radius 1 is 1.30 bits per heavy atom. The van der Waals surface area contributed by atoms with Gasteiger partial charge in [0.25, 0.3) is 0 Å². The van der Waals surface area contributed by atoms with Crippen molar-refractivity contribution in [2.45, 2.75) is 25.8 Å². The zero-order valence-corrected chi connectivity index (χ0v) is 13.9. The van der Waals surface area contributed by atoms with Crippen molar-refractivity contribution in [2.24, 2.45) is 0 Å². The first-order valence-corrected chi connectivity index (χ1v) is 8.09. The van der Waals surface area contributed by atoms with Gasteiger partial charge >= 0.3 is 0 Å². The number of likely N-dealkylation sites (tertiary alicyclic amines) is 1. The molecule has 0 aromatic heterocycles. The Balaban J connectivity index is 1.86. The van der Waals surface area contributed by atoms with Gasteiger partial charge in [0, 0.05) is 23.1 Å². The second kappa shape index (κ2) is 7.34. The van der Waals surface area contributed by atoms with Crippen LogP contribution in [-0.4, -0.2) is 54.9 Å².